The number of cyclic esters (lactones) is 1. The zero-order chi connectivity index (χ0) is 34.3. The number of aliphatic carboxylic acids is 1. The third-order valence-corrected chi connectivity index (χ3v) is 8.58. The van der Waals surface area contributed by atoms with Crippen LogP contribution in [-0.4, -0.2) is 151 Å². The molecule has 4 rings (SSSR count). The van der Waals surface area contributed by atoms with E-state index in [4.69, 9.17) is 29.4 Å². The van der Waals surface area contributed by atoms with Crippen molar-refractivity contribution >= 4 is 41.5 Å². The number of fused-ring (bicyclic) bond motifs is 3. The molecule has 14 atom stereocenters. The number of aliphatic hydroxyl groups excluding tert-OH is 4. The normalized spacial score (nSPS) is 46.2. The van der Waals surface area contributed by atoms with Gasteiger partial charge in [0.15, 0.2) is 12.1 Å². The standard InChI is InChI=1S/C33H47NO13.Na.H/c1-18-10-8-6-4-3-5-7-9-11-21(45-32-30(39)28(34)29(38)19(2)44-32)15-25-27(31(40)41)22(36)17-33(42,47-25)16-20(35)14-24-23(46-24)12-13-26(37)43-18;;/h3-9,11-13,18-25,27-30,32,35-36,38-39,42H,10,14-17,34H2,1-2H3,(H,40,41);;/b4-3+,7-5+,8-6+,11-9+,13-12+;;/t18-,19-,20+,21+,22+,23-,24-,25+,27-,28+,29-,30+,32+,33-;;/m1../s1. The Morgan fingerprint density at radius 3 is 2.33 bits per heavy atom. The zero-order valence-electron chi connectivity index (χ0n) is 26.4. The number of carbonyl (C=O) groups excluding carboxylic acids is 1. The van der Waals surface area contributed by atoms with E-state index in [0.29, 0.717) is 6.42 Å². The maximum atomic E-state index is 12.3. The first-order valence-electron chi connectivity index (χ1n) is 15.9. The van der Waals surface area contributed by atoms with Crippen LogP contribution in [0.4, 0.5) is 0 Å². The predicted octanol–water partition coefficient (Wildman–Crippen LogP) is -0.529. The van der Waals surface area contributed by atoms with Gasteiger partial charge >= 0.3 is 41.5 Å². The first-order valence-corrected chi connectivity index (χ1v) is 15.9. The fraction of sp³-hybridized carbons (Fsp3) is 0.636. The molecular weight excluding hydrogens is 641 g/mol. The Hall–Kier alpha value is -1.76. The van der Waals surface area contributed by atoms with Gasteiger partial charge in [-0.3, -0.25) is 4.79 Å². The molecular formula is C33H48NNaO13. The summed E-state index contributed by atoms with van der Waals surface area (Å²) < 4.78 is 28.5. The number of carboxylic acids is 1. The van der Waals surface area contributed by atoms with E-state index in [1.807, 2.05) is 6.08 Å². The molecule has 4 heterocycles. The van der Waals surface area contributed by atoms with Gasteiger partial charge in [-0.25, -0.2) is 4.79 Å². The van der Waals surface area contributed by atoms with Crippen molar-refractivity contribution in [3.05, 3.63) is 60.8 Å². The Labute approximate surface area is 301 Å². The Kier molecular flexibility index (Phi) is 15.6. The molecule has 8 N–H and O–H groups in total. The van der Waals surface area contributed by atoms with Gasteiger partial charge in [0.25, 0.3) is 0 Å². The number of esters is 1. The van der Waals surface area contributed by atoms with Crippen LogP contribution in [0.3, 0.4) is 0 Å². The molecule has 264 valence electrons. The molecule has 0 saturated carbocycles. The zero-order valence-corrected chi connectivity index (χ0v) is 26.4. The van der Waals surface area contributed by atoms with E-state index < -0.39 is 97.3 Å². The van der Waals surface area contributed by atoms with Crippen LogP contribution in [0.15, 0.2) is 60.8 Å². The van der Waals surface area contributed by atoms with Crippen molar-refractivity contribution < 1.29 is 63.9 Å². The molecule has 0 amide bonds. The summed E-state index contributed by atoms with van der Waals surface area (Å²) in [7, 11) is 0. The molecule has 2 bridgehead atoms. The minimum absolute atomic E-state index is 0. The summed E-state index contributed by atoms with van der Waals surface area (Å²) in [4.78, 5) is 24.4. The molecule has 3 saturated heterocycles. The van der Waals surface area contributed by atoms with Crippen LogP contribution < -0.4 is 5.73 Å². The fourth-order valence-corrected chi connectivity index (χ4v) is 6.00. The van der Waals surface area contributed by atoms with Gasteiger partial charge < -0.3 is 60.1 Å². The third kappa shape index (κ3) is 11.7. The Bertz CT molecular complexity index is 1230. The van der Waals surface area contributed by atoms with Gasteiger partial charge in [-0.05, 0) is 19.9 Å². The second-order valence-corrected chi connectivity index (χ2v) is 12.6. The number of ether oxygens (including phenoxy) is 5. The van der Waals surface area contributed by atoms with Crippen LogP contribution in [0, 0.1) is 5.92 Å². The Balaban J connectivity index is 0.00000625. The van der Waals surface area contributed by atoms with Crippen molar-refractivity contribution in [3.8, 4) is 0 Å². The van der Waals surface area contributed by atoms with E-state index in [1.165, 1.54) is 12.2 Å². The van der Waals surface area contributed by atoms with Gasteiger partial charge in [0.2, 0.25) is 0 Å². The van der Waals surface area contributed by atoms with Gasteiger partial charge in [0, 0.05) is 38.2 Å². The van der Waals surface area contributed by atoms with Gasteiger partial charge in [-0.2, -0.15) is 0 Å². The van der Waals surface area contributed by atoms with Crippen molar-refractivity contribution in [2.45, 2.75) is 125 Å². The molecule has 0 aliphatic carbocycles. The monoisotopic (exact) mass is 689 g/mol. The fourth-order valence-electron chi connectivity index (χ4n) is 6.00. The van der Waals surface area contributed by atoms with Gasteiger partial charge in [0.1, 0.15) is 24.2 Å². The molecule has 0 radical (unpaired) electrons. The van der Waals surface area contributed by atoms with Crippen molar-refractivity contribution in [2.24, 2.45) is 11.7 Å². The second-order valence-electron chi connectivity index (χ2n) is 12.6. The molecule has 3 fully saturated rings. The first kappa shape index (κ1) is 40.7. The van der Waals surface area contributed by atoms with Crippen LogP contribution in [-0.2, 0) is 33.3 Å². The molecule has 0 aromatic heterocycles. The molecule has 4 aliphatic heterocycles. The molecule has 15 heteroatoms. The van der Waals surface area contributed by atoms with Gasteiger partial charge in [-0.1, -0.05) is 48.6 Å². The van der Waals surface area contributed by atoms with Crippen molar-refractivity contribution in [2.75, 3.05) is 0 Å². The Morgan fingerprint density at radius 2 is 1.62 bits per heavy atom. The summed E-state index contributed by atoms with van der Waals surface area (Å²) in [6.07, 6.45) is 5.25. The number of nitrogens with two attached hydrogens (primary N) is 1. The van der Waals surface area contributed by atoms with E-state index in [-0.39, 0.29) is 54.9 Å². The van der Waals surface area contributed by atoms with Crippen molar-refractivity contribution in [3.63, 3.8) is 0 Å². The summed E-state index contributed by atoms with van der Waals surface area (Å²) in [6, 6.07) is -1.08. The van der Waals surface area contributed by atoms with Crippen molar-refractivity contribution in [1.29, 1.82) is 0 Å². The molecule has 0 spiro atoms. The van der Waals surface area contributed by atoms with Gasteiger partial charge in [-0.15, -0.1) is 0 Å². The SMILES string of the molecule is C[C@@H]1C/C=C/C=C/C=C/C=C/[C@H](O[C@@H]2O[C@H](C)[C@@H](O)[C@H](N)[C@@H]2O)C[C@@H]2O[C@](O)(C[C@@H](O)C[C@H]3O[C@@H]3/C=C/C(=O)O1)C[C@H](O)[C@H]2C(=O)O.[NaH]. The molecule has 48 heavy (non-hydrogen) atoms. The second kappa shape index (κ2) is 18.5. The first-order chi connectivity index (χ1) is 22.3. The Morgan fingerprint density at radius 1 is 0.938 bits per heavy atom. The maximum absolute atomic E-state index is 12.3. The van der Waals surface area contributed by atoms with E-state index in [1.54, 1.807) is 56.4 Å². The summed E-state index contributed by atoms with van der Waals surface area (Å²) in [5.41, 5.74) is 5.98. The number of allylic oxidation sites excluding steroid dienone is 6. The average Bonchev–Trinajstić information content (AvgIpc) is 3.72. The third-order valence-electron chi connectivity index (χ3n) is 8.58. The van der Waals surface area contributed by atoms with E-state index in [0.717, 1.165) is 0 Å². The number of carboxylic acid groups (broad SMARTS) is 1. The predicted molar refractivity (Wildman–Crippen MR) is 172 cm³/mol. The number of carbonyl (C=O) groups is 2. The van der Waals surface area contributed by atoms with Crippen LogP contribution in [0.1, 0.15) is 46.0 Å². The topological polar surface area (TPSA) is 231 Å². The summed E-state index contributed by atoms with van der Waals surface area (Å²) >= 11 is 0. The van der Waals surface area contributed by atoms with E-state index >= 15 is 0 Å². The number of hydrogen-bond donors (Lipinski definition) is 7. The summed E-state index contributed by atoms with van der Waals surface area (Å²) in [5.74, 6) is -5.45. The number of epoxide rings is 1. The number of hydrogen-bond acceptors (Lipinski definition) is 13. The summed E-state index contributed by atoms with van der Waals surface area (Å²) in [6.45, 7) is 3.34. The minimum atomic E-state index is -2.10. The van der Waals surface area contributed by atoms with Crippen LogP contribution >= 0.6 is 0 Å². The van der Waals surface area contributed by atoms with Gasteiger partial charge in [0.05, 0.1) is 48.8 Å². The average molecular weight is 690 g/mol. The van der Waals surface area contributed by atoms with E-state index in [2.05, 4.69) is 0 Å². The molecule has 0 unspecified atom stereocenters. The van der Waals surface area contributed by atoms with E-state index in [9.17, 15) is 40.2 Å². The molecule has 0 aromatic carbocycles. The quantitative estimate of drug-likeness (QED) is 0.112. The number of rotatable bonds is 3. The van der Waals surface area contributed by atoms with Crippen LogP contribution in [0.25, 0.3) is 0 Å². The summed E-state index contributed by atoms with van der Waals surface area (Å²) in [5, 5.41) is 63.9. The van der Waals surface area contributed by atoms with Crippen LogP contribution in [0.5, 0.6) is 0 Å². The number of aliphatic hydroxyl groups is 5. The molecule has 4 aliphatic rings. The molecule has 0 aromatic rings. The van der Waals surface area contributed by atoms with Crippen molar-refractivity contribution in [1.82, 2.24) is 0 Å². The van der Waals surface area contributed by atoms with Crippen LogP contribution in [0.2, 0.25) is 0 Å². The molecule has 14 nitrogen and oxygen atoms in total.